The quantitative estimate of drug-likeness (QED) is 0.594. The monoisotopic (exact) mass is 319 g/mol. The van der Waals surface area contributed by atoms with E-state index in [-0.39, 0.29) is 11.4 Å². The van der Waals surface area contributed by atoms with Crippen LogP contribution in [0.3, 0.4) is 0 Å². The highest BCUT2D eigenvalue weighted by atomic mass is 32.2. The minimum atomic E-state index is -0.435. The summed E-state index contributed by atoms with van der Waals surface area (Å²) in [4.78, 5) is 10.5. The van der Waals surface area contributed by atoms with Gasteiger partial charge in [0.1, 0.15) is 5.75 Å². The number of nitro groups is 1. The third-order valence-corrected chi connectivity index (χ3v) is 6.17. The molecule has 0 radical (unpaired) electrons. The second-order valence-corrected chi connectivity index (χ2v) is 7.19. The summed E-state index contributed by atoms with van der Waals surface area (Å²) in [5, 5.41) is 11.0. The Morgan fingerprint density at radius 1 is 1.05 bits per heavy atom. The fourth-order valence-corrected chi connectivity index (χ4v) is 4.92. The van der Waals surface area contributed by atoms with E-state index in [0.29, 0.717) is 10.3 Å². The van der Waals surface area contributed by atoms with Gasteiger partial charge in [0.2, 0.25) is 5.75 Å². The van der Waals surface area contributed by atoms with Crippen molar-refractivity contribution in [1.29, 1.82) is 0 Å². The Kier molecular flexibility index (Phi) is 4.36. The average molecular weight is 319 g/mol. The van der Waals surface area contributed by atoms with Crippen molar-refractivity contribution in [3.63, 3.8) is 0 Å². The first-order chi connectivity index (χ1) is 10.2. The zero-order valence-electron chi connectivity index (χ0n) is 11.1. The molecule has 21 heavy (non-hydrogen) atoms. The molecule has 0 spiro atoms. The zero-order valence-corrected chi connectivity index (χ0v) is 12.7. The van der Waals surface area contributed by atoms with Crippen molar-refractivity contribution in [3.8, 4) is 11.5 Å². The lowest BCUT2D eigenvalue weighted by atomic mass is 10.2. The van der Waals surface area contributed by atoms with Crippen molar-refractivity contribution in [3.05, 3.63) is 64.2 Å². The Bertz CT molecular complexity index is 640. The molecule has 0 saturated carbocycles. The minimum absolute atomic E-state index is 0.0246. The SMILES string of the molecule is O=[N+]([O-])c1ccccc1Oc1ccc(C2SCCS2)cc1. The molecule has 0 bridgehead atoms. The van der Waals surface area contributed by atoms with Crippen LogP contribution in [0.15, 0.2) is 48.5 Å². The van der Waals surface area contributed by atoms with E-state index in [1.165, 1.54) is 23.1 Å². The molecular formula is C15H13NO3S2. The third kappa shape index (κ3) is 3.33. The van der Waals surface area contributed by atoms with E-state index in [0.717, 1.165) is 0 Å². The van der Waals surface area contributed by atoms with Crippen molar-refractivity contribution >= 4 is 29.2 Å². The number of nitro benzene ring substituents is 1. The first kappa shape index (κ1) is 14.3. The van der Waals surface area contributed by atoms with Gasteiger partial charge in [-0.2, -0.15) is 0 Å². The van der Waals surface area contributed by atoms with E-state index < -0.39 is 4.92 Å². The molecule has 108 valence electrons. The smallest absolute Gasteiger partial charge is 0.311 e. The van der Waals surface area contributed by atoms with Crippen LogP contribution in [0.5, 0.6) is 11.5 Å². The highest BCUT2D eigenvalue weighted by Crippen LogP contribution is 2.45. The van der Waals surface area contributed by atoms with E-state index in [1.54, 1.807) is 18.2 Å². The molecule has 0 atom stereocenters. The van der Waals surface area contributed by atoms with Crippen molar-refractivity contribution in [2.45, 2.75) is 4.58 Å². The van der Waals surface area contributed by atoms with Gasteiger partial charge >= 0.3 is 5.69 Å². The summed E-state index contributed by atoms with van der Waals surface area (Å²) in [6.45, 7) is 0. The van der Waals surface area contributed by atoms with Crippen molar-refractivity contribution < 1.29 is 9.66 Å². The number of hydrogen-bond acceptors (Lipinski definition) is 5. The van der Waals surface area contributed by atoms with Crippen molar-refractivity contribution in [2.75, 3.05) is 11.5 Å². The van der Waals surface area contributed by atoms with Gasteiger partial charge in [0.25, 0.3) is 0 Å². The molecule has 6 heteroatoms. The molecule has 2 aromatic carbocycles. The predicted octanol–water partition coefficient (Wildman–Crippen LogP) is 4.87. The van der Waals surface area contributed by atoms with Crippen LogP contribution in [0.25, 0.3) is 0 Å². The number of nitrogens with zero attached hydrogens (tertiary/aromatic N) is 1. The summed E-state index contributed by atoms with van der Waals surface area (Å²) in [7, 11) is 0. The molecule has 4 nitrogen and oxygen atoms in total. The highest BCUT2D eigenvalue weighted by Gasteiger charge is 2.18. The maximum Gasteiger partial charge on any atom is 0.311 e. The summed E-state index contributed by atoms with van der Waals surface area (Å²) in [5.41, 5.74) is 1.24. The van der Waals surface area contributed by atoms with Crippen LogP contribution in [0, 0.1) is 10.1 Å². The van der Waals surface area contributed by atoms with Gasteiger partial charge in [0, 0.05) is 17.6 Å². The van der Waals surface area contributed by atoms with Gasteiger partial charge in [-0.3, -0.25) is 10.1 Å². The van der Waals surface area contributed by atoms with Gasteiger partial charge in [-0.1, -0.05) is 24.3 Å². The number of ether oxygens (including phenoxy) is 1. The Labute approximate surface area is 131 Å². The van der Waals surface area contributed by atoms with Crippen LogP contribution in [-0.4, -0.2) is 16.4 Å². The number of para-hydroxylation sites is 2. The highest BCUT2D eigenvalue weighted by molar-refractivity contribution is 8.19. The zero-order chi connectivity index (χ0) is 14.7. The normalized spacial score (nSPS) is 15.0. The lowest BCUT2D eigenvalue weighted by molar-refractivity contribution is -0.385. The molecule has 1 saturated heterocycles. The molecule has 0 aliphatic carbocycles. The maximum atomic E-state index is 11.0. The molecule has 1 aliphatic rings. The Balaban J connectivity index is 1.77. The minimum Gasteiger partial charge on any atom is -0.450 e. The molecule has 0 N–H and O–H groups in total. The summed E-state index contributed by atoms with van der Waals surface area (Å²) in [5.74, 6) is 3.24. The molecule has 1 aliphatic heterocycles. The molecule has 0 amide bonds. The summed E-state index contributed by atoms with van der Waals surface area (Å²) in [6, 6.07) is 14.2. The lowest BCUT2D eigenvalue weighted by Gasteiger charge is -2.10. The van der Waals surface area contributed by atoms with E-state index in [2.05, 4.69) is 0 Å². The van der Waals surface area contributed by atoms with Crippen LogP contribution < -0.4 is 4.74 Å². The molecule has 0 aromatic heterocycles. The predicted molar refractivity (Wildman–Crippen MR) is 87.3 cm³/mol. The van der Waals surface area contributed by atoms with Crippen molar-refractivity contribution in [2.24, 2.45) is 0 Å². The standard InChI is InChI=1S/C15H13NO3S2/c17-16(18)13-3-1-2-4-14(13)19-12-7-5-11(6-8-12)15-20-9-10-21-15/h1-8,15H,9-10H2. The van der Waals surface area contributed by atoms with E-state index in [1.807, 2.05) is 47.8 Å². The topological polar surface area (TPSA) is 52.4 Å². The van der Waals surface area contributed by atoms with Crippen LogP contribution in [0.4, 0.5) is 5.69 Å². The van der Waals surface area contributed by atoms with E-state index >= 15 is 0 Å². The fraction of sp³-hybridized carbons (Fsp3) is 0.200. The van der Waals surface area contributed by atoms with Gasteiger partial charge in [-0.15, -0.1) is 23.5 Å². The summed E-state index contributed by atoms with van der Waals surface area (Å²) in [6.07, 6.45) is 0. The largest absolute Gasteiger partial charge is 0.450 e. The third-order valence-electron chi connectivity index (χ3n) is 3.06. The first-order valence-corrected chi connectivity index (χ1v) is 8.58. The second kappa shape index (κ2) is 6.41. The molecular weight excluding hydrogens is 306 g/mol. The number of thioether (sulfide) groups is 2. The Morgan fingerprint density at radius 3 is 2.38 bits per heavy atom. The number of hydrogen-bond donors (Lipinski definition) is 0. The summed E-state index contributed by atoms with van der Waals surface area (Å²) < 4.78 is 6.12. The molecule has 2 aromatic rings. The van der Waals surface area contributed by atoms with Crippen LogP contribution in [-0.2, 0) is 0 Å². The van der Waals surface area contributed by atoms with Crippen molar-refractivity contribution in [1.82, 2.24) is 0 Å². The molecule has 0 unspecified atom stereocenters. The number of benzene rings is 2. The van der Waals surface area contributed by atoms with Crippen LogP contribution in [0.1, 0.15) is 10.1 Å². The lowest BCUT2D eigenvalue weighted by Crippen LogP contribution is -1.93. The Hall–Kier alpha value is -1.66. The fourth-order valence-electron chi connectivity index (χ4n) is 2.07. The van der Waals surface area contributed by atoms with Gasteiger partial charge in [-0.25, -0.2) is 0 Å². The molecule has 1 heterocycles. The van der Waals surface area contributed by atoms with Gasteiger partial charge in [0.05, 0.1) is 9.51 Å². The second-order valence-electron chi connectivity index (χ2n) is 4.47. The van der Waals surface area contributed by atoms with Gasteiger partial charge in [-0.05, 0) is 23.8 Å². The summed E-state index contributed by atoms with van der Waals surface area (Å²) >= 11 is 3.89. The number of rotatable bonds is 4. The molecule has 1 fully saturated rings. The first-order valence-electron chi connectivity index (χ1n) is 6.48. The van der Waals surface area contributed by atoms with Crippen LogP contribution in [0.2, 0.25) is 0 Å². The maximum absolute atomic E-state index is 11.0. The van der Waals surface area contributed by atoms with E-state index in [4.69, 9.17) is 4.74 Å². The van der Waals surface area contributed by atoms with Gasteiger partial charge < -0.3 is 4.74 Å². The molecule has 3 rings (SSSR count). The Morgan fingerprint density at radius 2 is 1.71 bits per heavy atom. The average Bonchev–Trinajstić information content (AvgIpc) is 3.03. The van der Waals surface area contributed by atoms with Gasteiger partial charge in [0.15, 0.2) is 0 Å². The van der Waals surface area contributed by atoms with E-state index in [9.17, 15) is 10.1 Å². The van der Waals surface area contributed by atoms with Crippen LogP contribution >= 0.6 is 23.5 Å².